The molecule has 0 fully saturated rings. The third-order valence-corrected chi connectivity index (χ3v) is 1.62. The van der Waals surface area contributed by atoms with Crippen LogP contribution in [0.15, 0.2) is 11.5 Å². The summed E-state index contributed by atoms with van der Waals surface area (Å²) in [6.07, 6.45) is 1.14. The third kappa shape index (κ3) is 2.75. The van der Waals surface area contributed by atoms with Crippen molar-refractivity contribution in [3.05, 3.63) is 11.5 Å². The number of rotatable bonds is 2. The van der Waals surface area contributed by atoms with Gasteiger partial charge in [0.05, 0.1) is 0 Å². The first-order valence-electron chi connectivity index (χ1n) is 2.56. The van der Waals surface area contributed by atoms with Gasteiger partial charge in [0.2, 0.25) is 0 Å². The van der Waals surface area contributed by atoms with E-state index in [1.165, 1.54) is 0 Å². The molecule has 0 bridgehead atoms. The maximum Gasteiger partial charge on any atom is -0.0141 e. The highest BCUT2D eigenvalue weighted by molar-refractivity contribution is 7.84. The van der Waals surface area contributed by atoms with Crippen molar-refractivity contribution in [1.82, 2.24) is 0 Å². The summed E-state index contributed by atoms with van der Waals surface area (Å²) in [6.45, 7) is 7.94. The van der Waals surface area contributed by atoms with Crippen molar-refractivity contribution < 1.29 is 0 Å². The van der Waals surface area contributed by atoms with Crippen molar-refractivity contribution >= 4 is 12.6 Å². The van der Waals surface area contributed by atoms with Gasteiger partial charge in [-0.25, -0.2) is 0 Å². The summed E-state index contributed by atoms with van der Waals surface area (Å²) in [5, 5.41) is 0. The third-order valence-electron chi connectivity index (χ3n) is 1.18. The first-order chi connectivity index (χ1) is 3.18. The van der Waals surface area contributed by atoms with Crippen LogP contribution in [-0.4, -0.2) is 0 Å². The average Bonchev–Trinajstić information content (AvgIpc) is 1.65. The van der Waals surface area contributed by atoms with E-state index in [1.807, 2.05) is 0 Å². The number of allylic oxidation sites excluding steroid dienone is 1. The van der Waals surface area contributed by atoms with Crippen LogP contribution >= 0.6 is 12.6 Å². The molecule has 0 aromatic rings. The van der Waals surface area contributed by atoms with E-state index in [4.69, 9.17) is 0 Å². The summed E-state index contributed by atoms with van der Waals surface area (Å²) in [5.74, 6) is 0.573. The van der Waals surface area contributed by atoms with Crippen LogP contribution in [0.4, 0.5) is 0 Å². The molecule has 0 aliphatic heterocycles. The lowest BCUT2D eigenvalue weighted by atomic mass is 10.1. The predicted octanol–water partition coefficient (Wildman–Crippen LogP) is 2.48. The number of hydrogen-bond acceptors (Lipinski definition) is 1. The minimum absolute atomic E-state index is 0.573. The molecular formula is C6H12S. The minimum Gasteiger partial charge on any atom is -0.148 e. The van der Waals surface area contributed by atoms with Gasteiger partial charge < -0.3 is 0 Å². The van der Waals surface area contributed by atoms with Crippen LogP contribution in [0.2, 0.25) is 0 Å². The van der Waals surface area contributed by atoms with E-state index in [1.54, 1.807) is 0 Å². The van der Waals surface area contributed by atoms with Crippen LogP contribution in [0, 0.1) is 5.92 Å². The maximum atomic E-state index is 4.08. The molecule has 1 heteroatoms. The summed E-state index contributed by atoms with van der Waals surface area (Å²) in [5.41, 5.74) is 0. The van der Waals surface area contributed by atoms with Crippen LogP contribution in [0.5, 0.6) is 0 Å². The molecule has 1 unspecified atom stereocenters. The Balaban J connectivity index is 3.34. The van der Waals surface area contributed by atoms with Crippen molar-refractivity contribution in [2.75, 3.05) is 0 Å². The fourth-order valence-corrected chi connectivity index (χ4v) is 0.418. The molecular weight excluding hydrogens is 104 g/mol. The minimum atomic E-state index is 0.573. The second-order valence-electron chi connectivity index (χ2n) is 1.80. The zero-order chi connectivity index (χ0) is 5.86. The molecule has 0 aromatic heterocycles. The lowest BCUT2D eigenvalue weighted by Crippen LogP contribution is -1.87. The Bertz CT molecular complexity index is 66.6. The highest BCUT2D eigenvalue weighted by atomic mass is 32.1. The quantitative estimate of drug-likeness (QED) is 0.526. The Labute approximate surface area is 51.0 Å². The van der Waals surface area contributed by atoms with Gasteiger partial charge in [0.25, 0.3) is 0 Å². The first kappa shape index (κ1) is 7.09. The fourth-order valence-electron chi connectivity index (χ4n) is 0.236. The Morgan fingerprint density at radius 2 is 2.29 bits per heavy atom. The summed E-state index contributed by atoms with van der Waals surface area (Å²) < 4.78 is 0. The van der Waals surface area contributed by atoms with Gasteiger partial charge in [-0.1, -0.05) is 20.4 Å². The van der Waals surface area contributed by atoms with Gasteiger partial charge >= 0.3 is 0 Å². The second-order valence-corrected chi connectivity index (χ2v) is 2.38. The summed E-state index contributed by atoms with van der Waals surface area (Å²) in [7, 11) is 0. The molecule has 0 aliphatic carbocycles. The first-order valence-corrected chi connectivity index (χ1v) is 3.01. The SMILES string of the molecule is C=C(S)C(C)CC. The highest BCUT2D eigenvalue weighted by Gasteiger charge is 1.95. The van der Waals surface area contributed by atoms with Crippen LogP contribution in [-0.2, 0) is 0 Å². The van der Waals surface area contributed by atoms with Crippen LogP contribution in [0.1, 0.15) is 20.3 Å². The topological polar surface area (TPSA) is 0 Å². The maximum absolute atomic E-state index is 4.08. The standard InChI is InChI=1S/C6H12S/c1-4-5(2)6(3)7/h5,7H,3-4H2,1-2H3. The van der Waals surface area contributed by atoms with Gasteiger partial charge in [-0.15, -0.1) is 12.6 Å². The van der Waals surface area contributed by atoms with Crippen molar-refractivity contribution in [2.45, 2.75) is 20.3 Å². The van der Waals surface area contributed by atoms with Gasteiger partial charge in [0, 0.05) is 0 Å². The van der Waals surface area contributed by atoms with Crippen molar-refractivity contribution in [2.24, 2.45) is 5.92 Å². The molecule has 0 aliphatic rings. The molecule has 1 atom stereocenters. The van der Waals surface area contributed by atoms with Crippen molar-refractivity contribution in [1.29, 1.82) is 0 Å². The zero-order valence-corrected chi connectivity index (χ0v) is 5.83. The molecule has 0 radical (unpaired) electrons. The van der Waals surface area contributed by atoms with E-state index in [0.717, 1.165) is 11.3 Å². The Morgan fingerprint density at radius 1 is 1.86 bits per heavy atom. The number of hydrogen-bond donors (Lipinski definition) is 1. The van der Waals surface area contributed by atoms with E-state index >= 15 is 0 Å². The van der Waals surface area contributed by atoms with E-state index < -0.39 is 0 Å². The molecule has 0 aromatic carbocycles. The van der Waals surface area contributed by atoms with E-state index in [-0.39, 0.29) is 0 Å². The zero-order valence-electron chi connectivity index (χ0n) is 4.94. The Hall–Kier alpha value is 0.0900. The van der Waals surface area contributed by atoms with Gasteiger partial charge in [-0.05, 0) is 17.2 Å². The fraction of sp³-hybridized carbons (Fsp3) is 0.667. The lowest BCUT2D eigenvalue weighted by Gasteiger charge is -2.03. The van der Waals surface area contributed by atoms with E-state index in [0.29, 0.717) is 5.92 Å². The molecule has 0 rings (SSSR count). The summed E-state index contributed by atoms with van der Waals surface area (Å²) in [6, 6.07) is 0. The number of thiol groups is 1. The average molecular weight is 116 g/mol. The molecule has 0 saturated heterocycles. The van der Waals surface area contributed by atoms with Gasteiger partial charge in [-0.3, -0.25) is 0 Å². The molecule has 0 amide bonds. The van der Waals surface area contributed by atoms with Crippen LogP contribution < -0.4 is 0 Å². The van der Waals surface area contributed by atoms with E-state index in [9.17, 15) is 0 Å². The van der Waals surface area contributed by atoms with Gasteiger partial charge in [0.15, 0.2) is 0 Å². The van der Waals surface area contributed by atoms with Gasteiger partial charge in [0.1, 0.15) is 0 Å². The normalized spacial score (nSPS) is 13.6. The van der Waals surface area contributed by atoms with Crippen LogP contribution in [0.3, 0.4) is 0 Å². The molecule has 42 valence electrons. The Morgan fingerprint density at radius 3 is 2.29 bits per heavy atom. The van der Waals surface area contributed by atoms with Gasteiger partial charge in [-0.2, -0.15) is 0 Å². The monoisotopic (exact) mass is 116 g/mol. The Kier molecular flexibility index (Phi) is 3.18. The lowest BCUT2D eigenvalue weighted by molar-refractivity contribution is 0.690. The summed E-state index contributed by atoms with van der Waals surface area (Å²) in [4.78, 5) is 0.988. The molecule has 0 spiro atoms. The molecule has 7 heavy (non-hydrogen) atoms. The van der Waals surface area contributed by atoms with E-state index in [2.05, 4.69) is 33.1 Å². The van der Waals surface area contributed by atoms with Crippen molar-refractivity contribution in [3.63, 3.8) is 0 Å². The molecule has 0 nitrogen and oxygen atoms in total. The molecule has 0 heterocycles. The molecule has 0 N–H and O–H groups in total. The van der Waals surface area contributed by atoms with Crippen LogP contribution in [0.25, 0.3) is 0 Å². The highest BCUT2D eigenvalue weighted by Crippen LogP contribution is 2.13. The second kappa shape index (κ2) is 3.14. The van der Waals surface area contributed by atoms with Crippen molar-refractivity contribution in [3.8, 4) is 0 Å². The molecule has 0 saturated carbocycles. The largest absolute Gasteiger partial charge is 0.148 e. The summed E-state index contributed by atoms with van der Waals surface area (Å²) >= 11 is 4.08. The smallest absolute Gasteiger partial charge is 0.0141 e. The predicted molar refractivity (Wildman–Crippen MR) is 37.6 cm³/mol.